The summed E-state index contributed by atoms with van der Waals surface area (Å²) in [6, 6.07) is 0. The van der Waals surface area contributed by atoms with Gasteiger partial charge in [0.1, 0.15) is 0 Å². The van der Waals surface area contributed by atoms with Crippen molar-refractivity contribution in [3.05, 3.63) is 0 Å². The van der Waals surface area contributed by atoms with Gasteiger partial charge in [0.2, 0.25) is 0 Å². The third-order valence-electron chi connectivity index (χ3n) is 2.77. The Morgan fingerprint density at radius 1 is 1.58 bits per heavy atom. The van der Waals surface area contributed by atoms with E-state index < -0.39 is 10.8 Å². The zero-order valence-corrected chi connectivity index (χ0v) is 10.2. The maximum absolute atomic E-state index is 10.9. The average molecular weight is 253 g/mol. The molecule has 1 aliphatic rings. The molecule has 1 fully saturated rings. The summed E-state index contributed by atoms with van der Waals surface area (Å²) >= 11 is 3.56. The van der Waals surface area contributed by atoms with Crippen LogP contribution in [0.25, 0.3) is 0 Å². The Bertz CT molecular complexity index is 175. The monoisotopic (exact) mass is 252 g/mol. The van der Waals surface area contributed by atoms with Crippen molar-refractivity contribution in [1.82, 2.24) is 0 Å². The maximum atomic E-state index is 10.9. The molecule has 1 rings (SSSR count). The number of hydrogen-bond donors (Lipinski definition) is 0. The van der Waals surface area contributed by atoms with Crippen molar-refractivity contribution in [2.45, 2.75) is 26.2 Å². The van der Waals surface area contributed by atoms with E-state index in [9.17, 15) is 4.21 Å². The summed E-state index contributed by atoms with van der Waals surface area (Å²) in [4.78, 5) is 0. The van der Waals surface area contributed by atoms with Crippen molar-refractivity contribution < 1.29 is 4.21 Å². The summed E-state index contributed by atoms with van der Waals surface area (Å²) in [5.41, 5.74) is 0.491. The van der Waals surface area contributed by atoms with Crippen molar-refractivity contribution in [3.63, 3.8) is 0 Å². The minimum Gasteiger partial charge on any atom is -0.260 e. The van der Waals surface area contributed by atoms with E-state index in [1.807, 2.05) is 0 Å². The summed E-state index contributed by atoms with van der Waals surface area (Å²) in [5.74, 6) is 1.76. The fourth-order valence-corrected chi connectivity index (χ4v) is 3.62. The van der Waals surface area contributed by atoms with E-state index in [0.717, 1.165) is 23.4 Å². The van der Waals surface area contributed by atoms with Crippen molar-refractivity contribution in [3.8, 4) is 0 Å². The third kappa shape index (κ3) is 2.56. The Kier molecular flexibility index (Phi) is 3.77. The Labute approximate surface area is 85.9 Å². The molecular weight excluding hydrogens is 236 g/mol. The van der Waals surface area contributed by atoms with Crippen LogP contribution in [0.1, 0.15) is 26.2 Å². The maximum Gasteiger partial charge on any atom is 0.0237 e. The van der Waals surface area contributed by atoms with Crippen LogP contribution in [-0.4, -0.2) is 21.5 Å². The molecule has 1 saturated carbocycles. The molecule has 12 heavy (non-hydrogen) atoms. The first-order valence-corrected chi connectivity index (χ1v) is 7.29. The zero-order chi connectivity index (χ0) is 9.19. The van der Waals surface area contributed by atoms with Crippen LogP contribution >= 0.6 is 15.9 Å². The van der Waals surface area contributed by atoms with E-state index in [1.165, 1.54) is 12.8 Å². The Morgan fingerprint density at radius 3 is 2.50 bits per heavy atom. The first-order valence-electron chi connectivity index (χ1n) is 4.44. The smallest absolute Gasteiger partial charge is 0.0237 e. The molecule has 1 atom stereocenters. The molecule has 72 valence electrons. The van der Waals surface area contributed by atoms with Crippen LogP contribution < -0.4 is 0 Å². The summed E-state index contributed by atoms with van der Waals surface area (Å²) in [6.45, 7) is 2.30. The summed E-state index contributed by atoms with van der Waals surface area (Å²) < 4.78 is 10.9. The van der Waals surface area contributed by atoms with E-state index in [0.29, 0.717) is 5.41 Å². The van der Waals surface area contributed by atoms with Crippen molar-refractivity contribution in [2.75, 3.05) is 17.3 Å². The highest BCUT2D eigenvalue weighted by Crippen LogP contribution is 2.49. The van der Waals surface area contributed by atoms with Crippen LogP contribution in [0, 0.1) is 11.3 Å². The Balaban J connectivity index is 2.32. The normalized spacial score (nSPS) is 37.4. The van der Waals surface area contributed by atoms with Gasteiger partial charge in [-0.3, -0.25) is 4.21 Å². The molecule has 0 aromatic rings. The minimum absolute atomic E-state index is 0.491. The molecule has 1 nitrogen and oxygen atoms in total. The molecule has 0 amide bonds. The lowest BCUT2D eigenvalue weighted by Crippen LogP contribution is -2.38. The molecule has 0 N–H and O–H groups in total. The van der Waals surface area contributed by atoms with Crippen molar-refractivity contribution >= 4 is 26.7 Å². The molecule has 0 aromatic carbocycles. The van der Waals surface area contributed by atoms with Crippen LogP contribution in [0.15, 0.2) is 0 Å². The first kappa shape index (κ1) is 10.7. The fourth-order valence-electron chi connectivity index (χ4n) is 2.16. The molecule has 0 spiro atoms. The average Bonchev–Trinajstić information content (AvgIpc) is 1.95. The highest BCUT2D eigenvalue weighted by atomic mass is 79.9. The largest absolute Gasteiger partial charge is 0.260 e. The molecular formula is C9H17BrOS. The van der Waals surface area contributed by atoms with Gasteiger partial charge in [-0.2, -0.15) is 0 Å². The molecule has 3 heteroatoms. The first-order chi connectivity index (χ1) is 5.58. The highest BCUT2D eigenvalue weighted by molar-refractivity contribution is 9.09. The van der Waals surface area contributed by atoms with Gasteiger partial charge in [-0.1, -0.05) is 22.9 Å². The highest BCUT2D eigenvalue weighted by Gasteiger charge is 2.40. The van der Waals surface area contributed by atoms with Gasteiger partial charge in [0.15, 0.2) is 0 Å². The third-order valence-corrected chi connectivity index (χ3v) is 4.73. The van der Waals surface area contributed by atoms with Crippen LogP contribution in [0.2, 0.25) is 0 Å². The van der Waals surface area contributed by atoms with Gasteiger partial charge in [-0.25, -0.2) is 0 Å². The summed E-state index contributed by atoms with van der Waals surface area (Å²) in [5, 5.41) is 1.08. The second kappa shape index (κ2) is 4.23. The predicted octanol–water partition coefficient (Wildman–Crippen LogP) is 2.57. The lowest BCUT2D eigenvalue weighted by atomic mass is 9.62. The lowest BCUT2D eigenvalue weighted by molar-refractivity contribution is 0.0917. The van der Waals surface area contributed by atoms with Gasteiger partial charge in [0.05, 0.1) is 0 Å². The molecule has 0 heterocycles. The van der Waals surface area contributed by atoms with E-state index in [2.05, 4.69) is 22.9 Å². The quantitative estimate of drug-likeness (QED) is 0.704. The number of alkyl halides is 1. The van der Waals surface area contributed by atoms with E-state index in [1.54, 1.807) is 6.26 Å². The Hall–Kier alpha value is 0.630. The molecule has 1 unspecified atom stereocenters. The number of rotatable bonds is 4. The molecule has 0 aromatic heterocycles. The zero-order valence-electron chi connectivity index (χ0n) is 7.81. The second-order valence-electron chi connectivity index (χ2n) is 4.17. The summed E-state index contributed by atoms with van der Waals surface area (Å²) in [6.07, 6.45) is 5.56. The predicted molar refractivity (Wildman–Crippen MR) is 58.2 cm³/mol. The van der Waals surface area contributed by atoms with Crippen LogP contribution in [0.4, 0.5) is 0 Å². The lowest BCUT2D eigenvalue weighted by Gasteiger charge is -2.45. The van der Waals surface area contributed by atoms with Crippen LogP contribution in [0.5, 0.6) is 0 Å². The molecule has 0 radical (unpaired) electrons. The van der Waals surface area contributed by atoms with Gasteiger partial charge >= 0.3 is 0 Å². The van der Waals surface area contributed by atoms with E-state index in [-0.39, 0.29) is 0 Å². The molecule has 0 aliphatic heterocycles. The molecule has 1 aliphatic carbocycles. The van der Waals surface area contributed by atoms with E-state index in [4.69, 9.17) is 0 Å². The Morgan fingerprint density at radius 2 is 2.17 bits per heavy atom. The minimum atomic E-state index is -0.613. The number of halogens is 1. The van der Waals surface area contributed by atoms with Gasteiger partial charge in [0, 0.05) is 28.1 Å². The SMILES string of the molecule is CC1CC(CBr)(CCS(C)=O)C1. The summed E-state index contributed by atoms with van der Waals surface area (Å²) in [7, 11) is -0.613. The van der Waals surface area contributed by atoms with Gasteiger partial charge in [-0.05, 0) is 30.6 Å². The second-order valence-corrected chi connectivity index (χ2v) is 6.29. The van der Waals surface area contributed by atoms with E-state index >= 15 is 0 Å². The van der Waals surface area contributed by atoms with Gasteiger partial charge < -0.3 is 0 Å². The van der Waals surface area contributed by atoms with Crippen LogP contribution in [-0.2, 0) is 10.8 Å². The van der Waals surface area contributed by atoms with Gasteiger partial charge in [-0.15, -0.1) is 0 Å². The number of hydrogen-bond acceptors (Lipinski definition) is 1. The standard InChI is InChI=1S/C9H17BrOS/c1-8-5-9(6-8,7-10)3-4-12(2)11/h8H,3-7H2,1-2H3. The molecule has 0 bridgehead atoms. The van der Waals surface area contributed by atoms with Crippen molar-refractivity contribution in [2.24, 2.45) is 11.3 Å². The van der Waals surface area contributed by atoms with Crippen LogP contribution in [0.3, 0.4) is 0 Å². The topological polar surface area (TPSA) is 17.1 Å². The van der Waals surface area contributed by atoms with Gasteiger partial charge in [0.25, 0.3) is 0 Å². The molecule has 0 saturated heterocycles. The fraction of sp³-hybridized carbons (Fsp3) is 1.00. The van der Waals surface area contributed by atoms with Crippen molar-refractivity contribution in [1.29, 1.82) is 0 Å².